The van der Waals surface area contributed by atoms with E-state index in [9.17, 15) is 10.2 Å². The second-order valence-electron chi connectivity index (χ2n) is 4.55. The van der Waals surface area contributed by atoms with Gasteiger partial charge in [-0.05, 0) is 48.2 Å². The number of hydrogen-bond donors (Lipinski definition) is 2. The monoisotopic (exact) mass is 270 g/mol. The number of aryl methyl sites for hydroxylation is 2. The van der Waals surface area contributed by atoms with Gasteiger partial charge in [0.2, 0.25) is 0 Å². The summed E-state index contributed by atoms with van der Waals surface area (Å²) in [7, 11) is 0. The van der Waals surface area contributed by atoms with E-state index >= 15 is 0 Å². The molecule has 0 aliphatic rings. The molecule has 0 unspecified atom stereocenters. The summed E-state index contributed by atoms with van der Waals surface area (Å²) in [4.78, 5) is 0. The van der Waals surface area contributed by atoms with Gasteiger partial charge in [-0.25, -0.2) is 0 Å². The van der Waals surface area contributed by atoms with E-state index in [1.54, 1.807) is 24.3 Å². The molecule has 0 radical (unpaired) electrons. The van der Waals surface area contributed by atoms with Gasteiger partial charge in [-0.15, -0.1) is 10.2 Å². The van der Waals surface area contributed by atoms with Crippen molar-refractivity contribution in [1.29, 1.82) is 0 Å². The van der Waals surface area contributed by atoms with Gasteiger partial charge in [0.25, 0.3) is 0 Å². The normalized spacial score (nSPS) is 11.1. The minimum Gasteiger partial charge on any atom is -0.506 e. The third kappa shape index (κ3) is 3.15. The SMILES string of the molecule is CCc1ccc(/N=N/c2ccc(CC)cc2O)c(O)c1. The number of nitrogens with zero attached hydrogens (tertiary/aromatic N) is 2. The van der Waals surface area contributed by atoms with Crippen LogP contribution >= 0.6 is 0 Å². The lowest BCUT2D eigenvalue weighted by Crippen LogP contribution is -1.79. The summed E-state index contributed by atoms with van der Waals surface area (Å²) >= 11 is 0. The molecule has 0 saturated heterocycles. The highest BCUT2D eigenvalue weighted by Gasteiger charge is 2.03. The number of aromatic hydroxyl groups is 2. The highest BCUT2D eigenvalue weighted by atomic mass is 16.3. The minimum atomic E-state index is 0.0952. The van der Waals surface area contributed by atoms with Crippen molar-refractivity contribution in [3.63, 3.8) is 0 Å². The summed E-state index contributed by atoms with van der Waals surface area (Å²) in [6.45, 7) is 4.03. The Labute approximate surface area is 118 Å². The van der Waals surface area contributed by atoms with Crippen molar-refractivity contribution in [3.05, 3.63) is 47.5 Å². The molecule has 0 bridgehead atoms. The highest BCUT2D eigenvalue weighted by molar-refractivity contribution is 5.55. The predicted molar refractivity (Wildman–Crippen MR) is 79.1 cm³/mol. The molecule has 0 aliphatic heterocycles. The van der Waals surface area contributed by atoms with Crippen LogP contribution in [-0.2, 0) is 12.8 Å². The lowest BCUT2D eigenvalue weighted by atomic mass is 10.1. The maximum atomic E-state index is 9.84. The molecule has 0 fully saturated rings. The smallest absolute Gasteiger partial charge is 0.143 e. The van der Waals surface area contributed by atoms with Crippen LogP contribution in [0.15, 0.2) is 46.6 Å². The summed E-state index contributed by atoms with van der Waals surface area (Å²) in [6.07, 6.45) is 1.70. The van der Waals surface area contributed by atoms with Crippen molar-refractivity contribution in [1.82, 2.24) is 0 Å². The fraction of sp³-hybridized carbons (Fsp3) is 0.250. The molecule has 4 heteroatoms. The Hall–Kier alpha value is -2.36. The Kier molecular flexibility index (Phi) is 4.35. The van der Waals surface area contributed by atoms with Gasteiger partial charge in [-0.2, -0.15) is 0 Å². The van der Waals surface area contributed by atoms with E-state index in [4.69, 9.17) is 0 Å². The summed E-state index contributed by atoms with van der Waals surface area (Å²) in [6, 6.07) is 10.6. The van der Waals surface area contributed by atoms with Gasteiger partial charge in [-0.1, -0.05) is 26.0 Å². The number of benzene rings is 2. The van der Waals surface area contributed by atoms with Crippen LogP contribution in [0, 0.1) is 0 Å². The van der Waals surface area contributed by atoms with Gasteiger partial charge in [0.1, 0.15) is 22.9 Å². The van der Waals surface area contributed by atoms with Gasteiger partial charge in [-0.3, -0.25) is 0 Å². The summed E-state index contributed by atoms with van der Waals surface area (Å²) in [5.41, 5.74) is 2.86. The maximum Gasteiger partial charge on any atom is 0.143 e. The Balaban J connectivity index is 2.25. The molecular weight excluding hydrogens is 252 g/mol. The topological polar surface area (TPSA) is 65.2 Å². The molecule has 0 heterocycles. The van der Waals surface area contributed by atoms with Crippen LogP contribution in [0.4, 0.5) is 11.4 Å². The van der Waals surface area contributed by atoms with Crippen LogP contribution in [0.3, 0.4) is 0 Å². The number of phenols is 2. The second kappa shape index (κ2) is 6.19. The van der Waals surface area contributed by atoms with E-state index < -0.39 is 0 Å². The number of phenolic OH excluding ortho intramolecular Hbond substituents is 2. The van der Waals surface area contributed by atoms with E-state index in [0.717, 1.165) is 24.0 Å². The minimum absolute atomic E-state index is 0.0952. The largest absolute Gasteiger partial charge is 0.506 e. The molecule has 2 rings (SSSR count). The van der Waals surface area contributed by atoms with Crippen LogP contribution in [0.5, 0.6) is 11.5 Å². The summed E-state index contributed by atoms with van der Waals surface area (Å²) < 4.78 is 0. The molecule has 104 valence electrons. The van der Waals surface area contributed by atoms with Gasteiger partial charge in [0.15, 0.2) is 0 Å². The van der Waals surface area contributed by atoms with E-state index in [-0.39, 0.29) is 11.5 Å². The molecule has 4 nitrogen and oxygen atoms in total. The second-order valence-corrected chi connectivity index (χ2v) is 4.55. The van der Waals surface area contributed by atoms with Crippen LogP contribution in [0.2, 0.25) is 0 Å². The first-order chi connectivity index (χ1) is 9.63. The molecule has 0 aromatic heterocycles. The number of hydrogen-bond acceptors (Lipinski definition) is 4. The standard InChI is InChI=1S/C16H18N2O2/c1-3-11-5-7-13(15(19)9-11)17-18-14-8-6-12(4-2)10-16(14)20/h5-10,19-20H,3-4H2,1-2H3/b18-17+. The van der Waals surface area contributed by atoms with Crippen LogP contribution in [0.1, 0.15) is 25.0 Å². The van der Waals surface area contributed by atoms with Crippen molar-refractivity contribution in [2.75, 3.05) is 0 Å². The molecule has 20 heavy (non-hydrogen) atoms. The highest BCUT2D eigenvalue weighted by Crippen LogP contribution is 2.32. The van der Waals surface area contributed by atoms with E-state index in [1.807, 2.05) is 26.0 Å². The van der Waals surface area contributed by atoms with E-state index in [0.29, 0.717) is 11.4 Å². The lowest BCUT2D eigenvalue weighted by Gasteiger charge is -2.02. The number of azo groups is 1. The van der Waals surface area contributed by atoms with Crippen molar-refractivity contribution in [2.45, 2.75) is 26.7 Å². The quantitative estimate of drug-likeness (QED) is 0.795. The molecule has 0 atom stereocenters. The summed E-state index contributed by atoms with van der Waals surface area (Å²) in [5, 5.41) is 27.6. The fourth-order valence-corrected chi connectivity index (χ4v) is 1.85. The molecule has 0 spiro atoms. The Bertz CT molecular complexity index is 581. The third-order valence-corrected chi connectivity index (χ3v) is 3.16. The van der Waals surface area contributed by atoms with Crippen molar-refractivity contribution < 1.29 is 10.2 Å². The van der Waals surface area contributed by atoms with Gasteiger partial charge < -0.3 is 10.2 Å². The Morgan fingerprint density at radius 2 is 1.15 bits per heavy atom. The average molecular weight is 270 g/mol. The molecule has 0 saturated carbocycles. The van der Waals surface area contributed by atoms with Gasteiger partial charge >= 0.3 is 0 Å². The Morgan fingerprint density at radius 1 is 0.750 bits per heavy atom. The van der Waals surface area contributed by atoms with Gasteiger partial charge in [0.05, 0.1) is 0 Å². The van der Waals surface area contributed by atoms with Crippen LogP contribution in [0.25, 0.3) is 0 Å². The zero-order valence-electron chi connectivity index (χ0n) is 11.7. The van der Waals surface area contributed by atoms with Crippen molar-refractivity contribution in [3.8, 4) is 11.5 Å². The molecule has 0 amide bonds. The van der Waals surface area contributed by atoms with Crippen LogP contribution < -0.4 is 0 Å². The van der Waals surface area contributed by atoms with Gasteiger partial charge in [0, 0.05) is 0 Å². The van der Waals surface area contributed by atoms with Crippen LogP contribution in [-0.4, -0.2) is 10.2 Å². The average Bonchev–Trinajstić information content (AvgIpc) is 2.46. The first kappa shape index (κ1) is 14.1. The molecule has 2 aromatic rings. The number of rotatable bonds is 4. The molecule has 2 N–H and O–H groups in total. The molecular formula is C16H18N2O2. The third-order valence-electron chi connectivity index (χ3n) is 3.16. The fourth-order valence-electron chi connectivity index (χ4n) is 1.85. The Morgan fingerprint density at radius 3 is 1.45 bits per heavy atom. The zero-order chi connectivity index (χ0) is 14.5. The summed E-state index contributed by atoms with van der Waals surface area (Å²) in [5.74, 6) is 0.190. The molecule has 2 aromatic carbocycles. The van der Waals surface area contributed by atoms with E-state index in [1.165, 1.54) is 0 Å². The first-order valence-corrected chi connectivity index (χ1v) is 6.69. The van der Waals surface area contributed by atoms with Crippen molar-refractivity contribution in [2.24, 2.45) is 10.2 Å². The first-order valence-electron chi connectivity index (χ1n) is 6.69. The van der Waals surface area contributed by atoms with E-state index in [2.05, 4.69) is 10.2 Å². The lowest BCUT2D eigenvalue weighted by molar-refractivity contribution is 0.473. The zero-order valence-corrected chi connectivity index (χ0v) is 11.7. The van der Waals surface area contributed by atoms with Crippen molar-refractivity contribution >= 4 is 11.4 Å². The predicted octanol–water partition coefficient (Wildman–Crippen LogP) is 4.64. The maximum absolute atomic E-state index is 9.84. The molecule has 0 aliphatic carbocycles.